The van der Waals surface area contributed by atoms with Crippen LogP contribution in [0.25, 0.3) is 0 Å². The lowest BCUT2D eigenvalue weighted by atomic mass is 10.2. The van der Waals surface area contributed by atoms with Gasteiger partial charge >= 0.3 is 0 Å². The molecular weight excluding hydrogens is 228 g/mol. The van der Waals surface area contributed by atoms with Crippen LogP contribution in [0.1, 0.15) is 19.4 Å². The lowest BCUT2D eigenvalue weighted by Gasteiger charge is -2.18. The molecule has 100 valence electrons. The molecule has 1 aliphatic heterocycles. The van der Waals surface area contributed by atoms with Gasteiger partial charge in [-0.2, -0.15) is 0 Å². The van der Waals surface area contributed by atoms with Crippen LogP contribution in [0.2, 0.25) is 0 Å². The maximum Gasteiger partial charge on any atom is 0.231 e. The summed E-state index contributed by atoms with van der Waals surface area (Å²) < 4.78 is 10.7. The summed E-state index contributed by atoms with van der Waals surface area (Å²) in [6, 6.07) is 6.11. The molecule has 1 aromatic rings. The molecule has 0 aliphatic carbocycles. The quantitative estimate of drug-likeness (QED) is 0.749. The number of fused-ring (bicyclic) bond motifs is 1. The second kappa shape index (κ2) is 6.61. The molecule has 0 atom stereocenters. The molecule has 0 bridgehead atoms. The number of hydrogen-bond donors (Lipinski definition) is 1. The first-order valence-corrected chi connectivity index (χ1v) is 6.65. The molecule has 0 saturated carbocycles. The van der Waals surface area contributed by atoms with E-state index in [9.17, 15) is 0 Å². The van der Waals surface area contributed by atoms with Gasteiger partial charge in [0.05, 0.1) is 0 Å². The van der Waals surface area contributed by atoms with E-state index in [2.05, 4.69) is 30.1 Å². The Kier molecular flexibility index (Phi) is 4.84. The Bertz CT molecular complexity index is 378. The van der Waals surface area contributed by atoms with E-state index in [-0.39, 0.29) is 0 Å². The second-order valence-electron chi connectivity index (χ2n) is 4.39. The Morgan fingerprint density at radius 1 is 1.17 bits per heavy atom. The molecule has 1 heterocycles. The normalized spacial score (nSPS) is 13.3. The van der Waals surface area contributed by atoms with Gasteiger partial charge in [0, 0.05) is 19.6 Å². The second-order valence-corrected chi connectivity index (χ2v) is 4.39. The molecule has 1 aliphatic rings. The fraction of sp³-hybridized carbons (Fsp3) is 0.571. The van der Waals surface area contributed by atoms with Gasteiger partial charge in [0.1, 0.15) is 0 Å². The zero-order valence-corrected chi connectivity index (χ0v) is 11.2. The highest BCUT2D eigenvalue weighted by atomic mass is 16.7. The van der Waals surface area contributed by atoms with Gasteiger partial charge in [-0.3, -0.25) is 0 Å². The fourth-order valence-corrected chi connectivity index (χ4v) is 2.06. The van der Waals surface area contributed by atoms with Crippen molar-refractivity contribution in [3.05, 3.63) is 23.8 Å². The van der Waals surface area contributed by atoms with Crippen molar-refractivity contribution in [1.29, 1.82) is 0 Å². The van der Waals surface area contributed by atoms with Crippen LogP contribution in [0.5, 0.6) is 11.5 Å². The van der Waals surface area contributed by atoms with Crippen molar-refractivity contribution < 1.29 is 9.47 Å². The van der Waals surface area contributed by atoms with Gasteiger partial charge in [0.25, 0.3) is 0 Å². The molecule has 4 heteroatoms. The number of nitrogens with zero attached hydrogens (tertiary/aromatic N) is 1. The van der Waals surface area contributed by atoms with E-state index >= 15 is 0 Å². The molecule has 2 rings (SSSR count). The van der Waals surface area contributed by atoms with Crippen molar-refractivity contribution in [1.82, 2.24) is 10.2 Å². The van der Waals surface area contributed by atoms with Gasteiger partial charge in [0.15, 0.2) is 11.5 Å². The molecule has 0 unspecified atom stereocenters. The summed E-state index contributed by atoms with van der Waals surface area (Å²) in [5, 5.41) is 3.45. The predicted molar refractivity (Wildman–Crippen MR) is 72.1 cm³/mol. The molecule has 18 heavy (non-hydrogen) atoms. The first-order valence-electron chi connectivity index (χ1n) is 6.65. The van der Waals surface area contributed by atoms with Crippen LogP contribution < -0.4 is 14.8 Å². The third-order valence-electron chi connectivity index (χ3n) is 3.27. The van der Waals surface area contributed by atoms with E-state index in [0.29, 0.717) is 6.79 Å². The number of ether oxygens (including phenoxy) is 2. The van der Waals surface area contributed by atoms with E-state index in [0.717, 1.165) is 44.2 Å². The summed E-state index contributed by atoms with van der Waals surface area (Å²) in [5.74, 6) is 1.71. The number of benzene rings is 1. The van der Waals surface area contributed by atoms with Crippen LogP contribution in [0.15, 0.2) is 18.2 Å². The van der Waals surface area contributed by atoms with E-state index < -0.39 is 0 Å². The SMILES string of the molecule is CCN(CC)CCNCc1ccc2c(c1)OCO2. The van der Waals surface area contributed by atoms with Gasteiger partial charge in [-0.1, -0.05) is 19.9 Å². The van der Waals surface area contributed by atoms with Gasteiger partial charge in [-0.05, 0) is 30.8 Å². The van der Waals surface area contributed by atoms with Crippen molar-refractivity contribution in [2.75, 3.05) is 33.0 Å². The Balaban J connectivity index is 1.74. The number of likely N-dealkylation sites (N-methyl/N-ethyl adjacent to an activating group) is 1. The van der Waals surface area contributed by atoms with Crippen LogP contribution in [-0.2, 0) is 6.54 Å². The van der Waals surface area contributed by atoms with E-state index in [1.54, 1.807) is 0 Å². The Hall–Kier alpha value is -1.26. The summed E-state index contributed by atoms with van der Waals surface area (Å²) in [6.45, 7) is 9.94. The summed E-state index contributed by atoms with van der Waals surface area (Å²) in [6.07, 6.45) is 0. The molecule has 1 N–H and O–H groups in total. The van der Waals surface area contributed by atoms with Crippen LogP contribution in [0.3, 0.4) is 0 Å². The predicted octanol–water partition coefficient (Wildman–Crippen LogP) is 1.85. The summed E-state index contributed by atoms with van der Waals surface area (Å²) in [5.41, 5.74) is 1.23. The van der Waals surface area contributed by atoms with Crippen LogP contribution in [0, 0.1) is 0 Å². The lowest BCUT2D eigenvalue weighted by molar-refractivity contribution is 0.174. The van der Waals surface area contributed by atoms with Crippen molar-refractivity contribution >= 4 is 0 Å². The molecule has 1 aromatic carbocycles. The van der Waals surface area contributed by atoms with E-state index in [1.807, 2.05) is 12.1 Å². The first-order chi connectivity index (χ1) is 8.83. The average molecular weight is 250 g/mol. The Morgan fingerprint density at radius 3 is 2.72 bits per heavy atom. The third kappa shape index (κ3) is 3.37. The summed E-state index contributed by atoms with van der Waals surface area (Å²) in [7, 11) is 0. The van der Waals surface area contributed by atoms with Crippen molar-refractivity contribution in [3.63, 3.8) is 0 Å². The zero-order valence-electron chi connectivity index (χ0n) is 11.2. The third-order valence-corrected chi connectivity index (χ3v) is 3.27. The standard InChI is InChI=1S/C14H22N2O2/c1-3-16(4-2)8-7-15-10-12-5-6-13-14(9-12)18-11-17-13/h5-6,9,15H,3-4,7-8,10-11H2,1-2H3. The van der Waals surface area contributed by atoms with Crippen molar-refractivity contribution in [2.24, 2.45) is 0 Å². The molecule has 0 spiro atoms. The van der Waals surface area contributed by atoms with Gasteiger partial charge in [-0.25, -0.2) is 0 Å². The zero-order chi connectivity index (χ0) is 12.8. The van der Waals surface area contributed by atoms with Gasteiger partial charge in [-0.15, -0.1) is 0 Å². The average Bonchev–Trinajstić information content (AvgIpc) is 2.86. The van der Waals surface area contributed by atoms with Gasteiger partial charge < -0.3 is 19.7 Å². The molecular formula is C14H22N2O2. The minimum atomic E-state index is 0.341. The summed E-state index contributed by atoms with van der Waals surface area (Å²) >= 11 is 0. The van der Waals surface area contributed by atoms with Crippen LogP contribution in [-0.4, -0.2) is 37.9 Å². The molecule has 0 radical (unpaired) electrons. The fourth-order valence-electron chi connectivity index (χ4n) is 2.06. The molecule has 4 nitrogen and oxygen atoms in total. The smallest absolute Gasteiger partial charge is 0.231 e. The molecule has 0 aromatic heterocycles. The monoisotopic (exact) mass is 250 g/mol. The van der Waals surface area contributed by atoms with Crippen molar-refractivity contribution in [3.8, 4) is 11.5 Å². The Labute approximate surface area is 109 Å². The van der Waals surface area contributed by atoms with Crippen molar-refractivity contribution in [2.45, 2.75) is 20.4 Å². The lowest BCUT2D eigenvalue weighted by Crippen LogP contribution is -2.31. The van der Waals surface area contributed by atoms with E-state index in [4.69, 9.17) is 9.47 Å². The largest absolute Gasteiger partial charge is 0.454 e. The maximum absolute atomic E-state index is 5.36. The Morgan fingerprint density at radius 2 is 1.94 bits per heavy atom. The topological polar surface area (TPSA) is 33.7 Å². The summed E-state index contributed by atoms with van der Waals surface area (Å²) in [4.78, 5) is 2.41. The number of rotatable bonds is 7. The van der Waals surface area contributed by atoms with Crippen LogP contribution in [0.4, 0.5) is 0 Å². The minimum absolute atomic E-state index is 0.341. The minimum Gasteiger partial charge on any atom is -0.454 e. The highest BCUT2D eigenvalue weighted by Gasteiger charge is 2.12. The van der Waals surface area contributed by atoms with Gasteiger partial charge in [0.2, 0.25) is 6.79 Å². The first kappa shape index (κ1) is 13.2. The molecule has 0 amide bonds. The van der Waals surface area contributed by atoms with E-state index in [1.165, 1.54) is 5.56 Å². The highest BCUT2D eigenvalue weighted by Crippen LogP contribution is 2.32. The maximum atomic E-state index is 5.36. The van der Waals surface area contributed by atoms with Crippen LogP contribution >= 0.6 is 0 Å². The molecule has 0 saturated heterocycles. The highest BCUT2D eigenvalue weighted by molar-refractivity contribution is 5.44. The number of hydrogen-bond acceptors (Lipinski definition) is 4. The number of nitrogens with one attached hydrogen (secondary N) is 1. The molecule has 0 fully saturated rings.